The Morgan fingerprint density at radius 1 is 1.06 bits per heavy atom. The van der Waals surface area contributed by atoms with E-state index >= 15 is 0 Å². The minimum absolute atomic E-state index is 0.151. The highest BCUT2D eigenvalue weighted by atomic mass is 16.4. The van der Waals surface area contributed by atoms with Gasteiger partial charge in [-0.05, 0) is 50.6 Å². The van der Waals surface area contributed by atoms with Crippen LogP contribution in [0, 0.1) is 20.8 Å². The zero-order valence-electron chi connectivity index (χ0n) is 17.3. The number of aromatic carboxylic acids is 1. The lowest BCUT2D eigenvalue weighted by atomic mass is 10.1. The van der Waals surface area contributed by atoms with Crippen molar-refractivity contribution in [2.75, 3.05) is 0 Å². The average Bonchev–Trinajstić information content (AvgIpc) is 3.29. The zero-order chi connectivity index (χ0) is 22.1. The lowest BCUT2D eigenvalue weighted by Crippen LogP contribution is -2.23. The highest BCUT2D eigenvalue weighted by Gasteiger charge is 2.14. The fourth-order valence-electron chi connectivity index (χ4n) is 3.69. The second-order valence-corrected chi connectivity index (χ2v) is 7.25. The van der Waals surface area contributed by atoms with E-state index in [1.807, 2.05) is 48.7 Å². The van der Waals surface area contributed by atoms with Gasteiger partial charge in [0.15, 0.2) is 5.76 Å². The third-order valence-corrected chi connectivity index (χ3v) is 5.26. The molecule has 7 heteroatoms. The molecule has 0 radical (unpaired) electrons. The monoisotopic (exact) mass is 414 g/mol. The number of hydrogen-bond acceptors (Lipinski definition) is 5. The summed E-state index contributed by atoms with van der Waals surface area (Å²) in [4.78, 5) is 23.7. The van der Waals surface area contributed by atoms with Gasteiger partial charge in [0.2, 0.25) is 0 Å². The van der Waals surface area contributed by atoms with Gasteiger partial charge in [0, 0.05) is 33.6 Å². The molecule has 0 unspecified atom stereocenters. The molecule has 31 heavy (non-hydrogen) atoms. The molecule has 2 aromatic carbocycles. The quantitative estimate of drug-likeness (QED) is 0.400. The maximum atomic E-state index is 12.3. The number of fused-ring (bicyclic) bond motifs is 1. The van der Waals surface area contributed by atoms with E-state index in [0.717, 1.165) is 28.0 Å². The van der Waals surface area contributed by atoms with Crippen LogP contribution < -0.4 is 10.5 Å². The summed E-state index contributed by atoms with van der Waals surface area (Å²) >= 11 is 0. The maximum absolute atomic E-state index is 12.3. The zero-order valence-corrected chi connectivity index (χ0v) is 17.3. The molecule has 0 aliphatic rings. The van der Waals surface area contributed by atoms with E-state index in [0.29, 0.717) is 11.1 Å². The minimum atomic E-state index is -1.21. The molecule has 2 aromatic heterocycles. The number of carboxylic acids is 1. The van der Waals surface area contributed by atoms with E-state index in [-0.39, 0.29) is 11.3 Å². The molecule has 1 amide bonds. The first kappa shape index (κ1) is 20.2. The third-order valence-electron chi connectivity index (χ3n) is 5.26. The van der Waals surface area contributed by atoms with Gasteiger partial charge in [-0.2, -0.15) is 5.10 Å². The van der Waals surface area contributed by atoms with Gasteiger partial charge in [-0.25, -0.2) is 5.43 Å². The summed E-state index contributed by atoms with van der Waals surface area (Å²) < 4.78 is 7.49. The Hall–Kier alpha value is -4.13. The van der Waals surface area contributed by atoms with Gasteiger partial charge < -0.3 is 18.9 Å². The molecule has 1 N–H and O–H groups in total. The molecule has 4 aromatic rings. The Labute approximate surface area is 178 Å². The van der Waals surface area contributed by atoms with Crippen molar-refractivity contribution in [1.82, 2.24) is 9.99 Å². The fourth-order valence-corrected chi connectivity index (χ4v) is 3.69. The Bertz CT molecular complexity index is 1310. The predicted molar refractivity (Wildman–Crippen MR) is 116 cm³/mol. The molecule has 0 saturated heterocycles. The molecule has 156 valence electrons. The highest BCUT2D eigenvalue weighted by Crippen LogP contribution is 2.24. The lowest BCUT2D eigenvalue weighted by molar-refractivity contribution is -0.255. The van der Waals surface area contributed by atoms with Crippen LogP contribution in [0.25, 0.3) is 16.7 Å². The van der Waals surface area contributed by atoms with Crippen LogP contribution in [0.5, 0.6) is 0 Å². The second-order valence-electron chi connectivity index (χ2n) is 7.25. The topological polar surface area (TPSA) is 99.7 Å². The number of para-hydroxylation sites is 1. The largest absolute Gasteiger partial charge is 0.545 e. The van der Waals surface area contributed by atoms with Gasteiger partial charge in [-0.15, -0.1) is 0 Å². The number of amides is 1. The van der Waals surface area contributed by atoms with Crippen molar-refractivity contribution in [3.05, 3.63) is 88.4 Å². The van der Waals surface area contributed by atoms with Crippen LogP contribution in [0.3, 0.4) is 0 Å². The van der Waals surface area contributed by atoms with Crippen LogP contribution >= 0.6 is 0 Å². The first-order valence-electron chi connectivity index (χ1n) is 9.69. The van der Waals surface area contributed by atoms with Crippen molar-refractivity contribution >= 4 is 29.1 Å². The summed E-state index contributed by atoms with van der Waals surface area (Å²) in [6, 6.07) is 16.0. The van der Waals surface area contributed by atoms with Gasteiger partial charge in [0.1, 0.15) is 5.58 Å². The van der Waals surface area contributed by atoms with Crippen molar-refractivity contribution in [3.8, 4) is 5.69 Å². The van der Waals surface area contributed by atoms with Crippen LogP contribution in [0.2, 0.25) is 0 Å². The molecule has 0 bridgehead atoms. The normalized spacial score (nSPS) is 11.3. The van der Waals surface area contributed by atoms with Crippen molar-refractivity contribution in [2.24, 2.45) is 5.10 Å². The number of nitrogens with one attached hydrogen (secondary N) is 1. The number of nitrogens with zero attached hydrogens (tertiary/aromatic N) is 2. The van der Waals surface area contributed by atoms with E-state index < -0.39 is 11.9 Å². The third kappa shape index (κ3) is 3.73. The predicted octanol–water partition coefficient (Wildman–Crippen LogP) is 3.28. The SMILES string of the molecule is Cc1c(C(=O)[O-])cccc1-n1c(C)cc(/C=N\NC(=O)c2cc3ccccc3o2)c1C. The Kier molecular flexibility index (Phi) is 5.17. The maximum Gasteiger partial charge on any atom is 0.307 e. The smallest absolute Gasteiger partial charge is 0.307 e. The Morgan fingerprint density at radius 2 is 1.84 bits per heavy atom. The van der Waals surface area contributed by atoms with Crippen LogP contribution in [-0.2, 0) is 0 Å². The van der Waals surface area contributed by atoms with Gasteiger partial charge >= 0.3 is 5.91 Å². The van der Waals surface area contributed by atoms with Crippen molar-refractivity contribution < 1.29 is 19.1 Å². The molecule has 4 rings (SSSR count). The van der Waals surface area contributed by atoms with E-state index in [9.17, 15) is 14.7 Å². The number of carbonyl (C=O) groups excluding carboxylic acids is 2. The summed E-state index contributed by atoms with van der Waals surface area (Å²) in [5.74, 6) is -1.48. The fraction of sp³-hybridized carbons (Fsp3) is 0.125. The summed E-state index contributed by atoms with van der Waals surface area (Å²) in [7, 11) is 0. The van der Waals surface area contributed by atoms with E-state index in [1.165, 1.54) is 6.07 Å². The van der Waals surface area contributed by atoms with Crippen LogP contribution in [0.15, 0.2) is 64.1 Å². The number of benzene rings is 2. The van der Waals surface area contributed by atoms with E-state index in [1.54, 1.807) is 31.3 Å². The van der Waals surface area contributed by atoms with Gasteiger partial charge in [0.25, 0.3) is 0 Å². The number of carbonyl (C=O) groups is 2. The molecular weight excluding hydrogens is 394 g/mol. The van der Waals surface area contributed by atoms with E-state index in [4.69, 9.17) is 4.42 Å². The summed E-state index contributed by atoms with van der Waals surface area (Å²) in [5.41, 5.74) is 7.19. The van der Waals surface area contributed by atoms with Gasteiger partial charge in [-0.3, -0.25) is 4.79 Å². The number of carboxylic acid groups (broad SMARTS) is 1. The lowest BCUT2D eigenvalue weighted by Gasteiger charge is -2.16. The molecule has 2 heterocycles. The number of rotatable bonds is 5. The molecule has 0 fully saturated rings. The summed E-state index contributed by atoms with van der Waals surface area (Å²) in [5, 5.41) is 16.3. The highest BCUT2D eigenvalue weighted by molar-refractivity contribution is 5.96. The molecular formula is C24H20N3O4-. The first-order valence-corrected chi connectivity index (χ1v) is 9.69. The molecule has 0 aliphatic carbocycles. The van der Waals surface area contributed by atoms with Crippen LogP contribution in [0.1, 0.15) is 43.4 Å². The number of aromatic nitrogens is 1. The molecule has 0 atom stereocenters. The average molecular weight is 414 g/mol. The van der Waals surface area contributed by atoms with Crippen molar-refractivity contribution in [1.29, 1.82) is 0 Å². The minimum Gasteiger partial charge on any atom is -0.545 e. The molecule has 7 nitrogen and oxygen atoms in total. The van der Waals surface area contributed by atoms with Crippen LogP contribution in [0.4, 0.5) is 0 Å². The molecule has 0 spiro atoms. The Morgan fingerprint density at radius 3 is 2.58 bits per heavy atom. The number of hydrazone groups is 1. The number of hydrogen-bond donors (Lipinski definition) is 1. The van der Waals surface area contributed by atoms with Gasteiger partial charge in [0.05, 0.1) is 12.2 Å². The van der Waals surface area contributed by atoms with Gasteiger partial charge in [-0.1, -0.05) is 30.3 Å². The number of aryl methyl sites for hydroxylation is 1. The van der Waals surface area contributed by atoms with Crippen LogP contribution in [-0.4, -0.2) is 22.7 Å². The summed E-state index contributed by atoms with van der Waals surface area (Å²) in [6.45, 7) is 5.57. The van der Waals surface area contributed by atoms with Crippen molar-refractivity contribution in [3.63, 3.8) is 0 Å². The first-order chi connectivity index (χ1) is 14.9. The number of furan rings is 1. The standard InChI is InChI=1S/C24H21N3O4/c1-14-11-18(16(3)27(14)20-9-6-8-19(15(20)2)24(29)30)13-25-26-23(28)22-12-17-7-4-5-10-21(17)31-22/h4-13H,1-3H3,(H,26,28)(H,29,30)/p-1/b25-13-. The molecule has 0 saturated carbocycles. The second kappa shape index (κ2) is 7.95. The van der Waals surface area contributed by atoms with E-state index in [2.05, 4.69) is 10.5 Å². The summed E-state index contributed by atoms with van der Waals surface area (Å²) in [6.07, 6.45) is 1.55. The molecule has 0 aliphatic heterocycles. The van der Waals surface area contributed by atoms with Crippen molar-refractivity contribution in [2.45, 2.75) is 20.8 Å². The Balaban J connectivity index is 1.58.